The molecule has 1 heterocycles. The van der Waals surface area contributed by atoms with Gasteiger partial charge in [-0.15, -0.1) is 0 Å². The Balaban J connectivity index is 2.08. The number of aromatic nitrogens is 1. The van der Waals surface area contributed by atoms with E-state index in [1.165, 1.54) is 6.07 Å². The number of nitrogens with one attached hydrogen (secondary N) is 3. The molecule has 13 heteroatoms. The molecule has 0 fully saturated rings. The Morgan fingerprint density at radius 3 is 2.12 bits per heavy atom. The lowest BCUT2D eigenvalue weighted by Crippen LogP contribution is -2.62. The van der Waals surface area contributed by atoms with E-state index >= 15 is 0 Å². The van der Waals surface area contributed by atoms with Gasteiger partial charge in [0.15, 0.2) is 0 Å². The van der Waals surface area contributed by atoms with E-state index in [2.05, 4.69) is 20.9 Å². The summed E-state index contributed by atoms with van der Waals surface area (Å²) in [4.78, 5) is 70.5. The van der Waals surface area contributed by atoms with Gasteiger partial charge in [-0.3, -0.25) is 9.59 Å². The van der Waals surface area contributed by atoms with E-state index in [0.29, 0.717) is 17.3 Å². The van der Waals surface area contributed by atoms with Crippen molar-refractivity contribution in [3.63, 3.8) is 0 Å². The second kappa shape index (κ2) is 15.6. The van der Waals surface area contributed by atoms with Crippen LogP contribution in [0.15, 0.2) is 60.7 Å². The Bertz CT molecular complexity index is 1630. The lowest BCUT2D eigenvalue weighted by Gasteiger charge is -2.35. The van der Waals surface area contributed by atoms with Crippen LogP contribution < -0.4 is 21.7 Å². The number of hydrogen-bond acceptors (Lipinski definition) is 9. The molecule has 0 saturated carbocycles. The summed E-state index contributed by atoms with van der Waals surface area (Å²) in [6.07, 6.45) is -0.678. The number of primary amides is 1. The molecule has 0 aliphatic carbocycles. The number of carboxylic acid groups (broad SMARTS) is 1. The number of nitrogens with two attached hydrogens (primary N) is 1. The van der Waals surface area contributed by atoms with Gasteiger partial charge < -0.3 is 36.3 Å². The van der Waals surface area contributed by atoms with Gasteiger partial charge in [0.2, 0.25) is 5.54 Å². The van der Waals surface area contributed by atoms with Gasteiger partial charge in [-0.25, -0.2) is 19.4 Å². The summed E-state index contributed by atoms with van der Waals surface area (Å²) >= 11 is 0. The Labute approximate surface area is 280 Å². The SMILES string of the molecule is CC(C)(C)OC(=O)NCCC[C@](Nc1nc2ccccc2cc1C(N)=O)(C(=O)N[C@H](CCc1ccccc1)C(=O)O)C(=O)OC(C)(C)C. The summed E-state index contributed by atoms with van der Waals surface area (Å²) in [6.45, 7) is 9.92. The highest BCUT2D eigenvalue weighted by atomic mass is 16.6. The van der Waals surface area contributed by atoms with Crippen LogP contribution in [0.3, 0.4) is 0 Å². The first kappa shape index (κ1) is 37.3. The molecule has 6 N–H and O–H groups in total. The van der Waals surface area contributed by atoms with Gasteiger partial charge in [-0.1, -0.05) is 48.5 Å². The molecular weight excluding hydrogens is 618 g/mol. The fourth-order valence-corrected chi connectivity index (χ4v) is 4.80. The maximum absolute atomic E-state index is 14.4. The minimum absolute atomic E-state index is 0.0104. The molecule has 258 valence electrons. The predicted octanol–water partition coefficient (Wildman–Crippen LogP) is 4.33. The average Bonchev–Trinajstić information content (AvgIpc) is 2.98. The fourth-order valence-electron chi connectivity index (χ4n) is 4.80. The van der Waals surface area contributed by atoms with E-state index in [1.54, 1.807) is 65.8 Å². The van der Waals surface area contributed by atoms with Crippen LogP contribution in [0.4, 0.5) is 10.6 Å². The van der Waals surface area contributed by atoms with Gasteiger partial charge in [0.05, 0.1) is 11.1 Å². The van der Waals surface area contributed by atoms with Gasteiger partial charge in [-0.05, 0) is 84.9 Å². The summed E-state index contributed by atoms with van der Waals surface area (Å²) < 4.78 is 11.0. The van der Waals surface area contributed by atoms with E-state index in [0.717, 1.165) is 5.56 Å². The van der Waals surface area contributed by atoms with Crippen LogP contribution in [0.25, 0.3) is 10.9 Å². The monoisotopic (exact) mass is 663 g/mol. The van der Waals surface area contributed by atoms with Crippen LogP contribution >= 0.6 is 0 Å². The van der Waals surface area contributed by atoms with Crippen molar-refractivity contribution >= 4 is 46.6 Å². The molecule has 3 amide bonds. The number of carbonyl (C=O) groups excluding carboxylic acids is 4. The zero-order valence-corrected chi connectivity index (χ0v) is 28.2. The van der Waals surface area contributed by atoms with Gasteiger partial charge >= 0.3 is 18.0 Å². The van der Waals surface area contributed by atoms with Gasteiger partial charge in [0.1, 0.15) is 23.1 Å². The molecule has 0 radical (unpaired) electrons. The molecule has 0 spiro atoms. The second-order valence-electron chi connectivity index (χ2n) is 13.4. The van der Waals surface area contributed by atoms with E-state index in [1.807, 2.05) is 30.3 Å². The number of aryl methyl sites for hydroxylation is 1. The first-order chi connectivity index (χ1) is 22.4. The number of nitrogens with zero attached hydrogens (tertiary/aromatic N) is 1. The van der Waals surface area contributed by atoms with Crippen LogP contribution in [0.5, 0.6) is 0 Å². The number of alkyl carbamates (subject to hydrolysis) is 1. The van der Waals surface area contributed by atoms with Crippen molar-refractivity contribution in [1.29, 1.82) is 0 Å². The first-order valence-electron chi connectivity index (χ1n) is 15.7. The van der Waals surface area contributed by atoms with Crippen LogP contribution in [0, 0.1) is 0 Å². The second-order valence-corrected chi connectivity index (χ2v) is 13.4. The van der Waals surface area contributed by atoms with Crippen LogP contribution in [-0.4, -0.2) is 69.3 Å². The topological polar surface area (TPSA) is 199 Å². The highest BCUT2D eigenvalue weighted by Gasteiger charge is 2.50. The number of pyridine rings is 1. The number of esters is 1. The van der Waals surface area contributed by atoms with Gasteiger partial charge in [0, 0.05) is 11.9 Å². The number of fused-ring (bicyclic) bond motifs is 1. The van der Waals surface area contributed by atoms with Gasteiger partial charge in [-0.2, -0.15) is 0 Å². The van der Waals surface area contributed by atoms with Gasteiger partial charge in [0.25, 0.3) is 11.8 Å². The number of anilines is 1. The van der Waals surface area contributed by atoms with Crippen molar-refractivity contribution in [2.45, 2.75) is 90.0 Å². The normalized spacial score (nSPS) is 13.5. The molecule has 0 bridgehead atoms. The third-order valence-electron chi connectivity index (χ3n) is 7.02. The Morgan fingerprint density at radius 1 is 0.896 bits per heavy atom. The summed E-state index contributed by atoms with van der Waals surface area (Å²) in [5.74, 6) is -4.46. The minimum atomic E-state index is -2.33. The van der Waals surface area contributed by atoms with Crippen molar-refractivity contribution in [3.05, 3.63) is 71.8 Å². The number of carbonyl (C=O) groups is 5. The summed E-state index contributed by atoms with van der Waals surface area (Å²) in [5, 5.41) is 18.7. The smallest absolute Gasteiger partial charge is 0.407 e. The number of carboxylic acids is 1. The maximum Gasteiger partial charge on any atom is 0.407 e. The third kappa shape index (κ3) is 10.7. The molecule has 13 nitrogen and oxygen atoms in total. The fraction of sp³-hybridized carbons (Fsp3) is 0.429. The highest BCUT2D eigenvalue weighted by molar-refractivity contribution is 6.12. The Hall–Kier alpha value is -5.20. The molecule has 3 aromatic rings. The molecule has 0 unspecified atom stereocenters. The van der Waals surface area contributed by atoms with E-state index in [4.69, 9.17) is 15.2 Å². The molecule has 0 saturated heterocycles. The van der Waals surface area contributed by atoms with Crippen molar-refractivity contribution in [2.24, 2.45) is 5.73 Å². The quantitative estimate of drug-likeness (QED) is 0.0939. The molecule has 2 aromatic carbocycles. The largest absolute Gasteiger partial charge is 0.480 e. The molecule has 48 heavy (non-hydrogen) atoms. The Kier molecular flexibility index (Phi) is 12.1. The molecular formula is C35H45N5O8. The standard InChI is InChI=1S/C35H45N5O8/c1-33(2,3)47-31(45)35(19-12-20-37-32(46)48-34(4,5)6,30(44)39-26(29(42)43)18-17-22-13-8-7-9-14-22)40-28-24(27(36)41)21-23-15-10-11-16-25(23)38-28/h7-11,13-16,21,26H,12,17-20H2,1-6H3,(H2,36,41)(H,37,46)(H,38,40)(H,39,44)(H,42,43)/t26-,35+/m1/s1. The van der Waals surface area contributed by atoms with Crippen LogP contribution in [0.2, 0.25) is 0 Å². The minimum Gasteiger partial charge on any atom is -0.480 e. The molecule has 1 aromatic heterocycles. The number of aliphatic carboxylic acids is 1. The number of amides is 3. The van der Waals surface area contributed by atoms with Crippen molar-refractivity contribution in [3.8, 4) is 0 Å². The zero-order chi connectivity index (χ0) is 35.7. The number of rotatable bonds is 14. The molecule has 0 aliphatic rings. The molecule has 2 atom stereocenters. The molecule has 0 aliphatic heterocycles. The number of para-hydroxylation sites is 1. The van der Waals surface area contributed by atoms with Crippen LogP contribution in [-0.2, 0) is 30.3 Å². The number of ether oxygens (including phenoxy) is 2. The first-order valence-corrected chi connectivity index (χ1v) is 15.7. The summed E-state index contributed by atoms with van der Waals surface area (Å²) in [7, 11) is 0. The highest BCUT2D eigenvalue weighted by Crippen LogP contribution is 2.29. The predicted molar refractivity (Wildman–Crippen MR) is 180 cm³/mol. The maximum atomic E-state index is 14.4. The van der Waals surface area contributed by atoms with E-state index in [-0.39, 0.29) is 37.2 Å². The number of benzene rings is 2. The number of hydrogen-bond donors (Lipinski definition) is 5. The van der Waals surface area contributed by atoms with Crippen molar-refractivity contribution in [2.75, 3.05) is 11.9 Å². The lowest BCUT2D eigenvalue weighted by molar-refractivity contribution is -0.164. The van der Waals surface area contributed by atoms with E-state index in [9.17, 15) is 29.1 Å². The zero-order valence-electron chi connectivity index (χ0n) is 28.2. The lowest BCUT2D eigenvalue weighted by atomic mass is 9.90. The van der Waals surface area contributed by atoms with Crippen LogP contribution in [0.1, 0.15) is 76.7 Å². The van der Waals surface area contributed by atoms with E-state index < -0.39 is 52.6 Å². The van der Waals surface area contributed by atoms with Crippen molar-refractivity contribution < 1.29 is 38.6 Å². The third-order valence-corrected chi connectivity index (χ3v) is 7.02. The van der Waals surface area contributed by atoms with Crippen molar-refractivity contribution in [1.82, 2.24) is 15.6 Å². The molecule has 3 rings (SSSR count). The average molecular weight is 664 g/mol. The Morgan fingerprint density at radius 2 is 1.52 bits per heavy atom. The summed E-state index contributed by atoms with van der Waals surface area (Å²) in [5.41, 5.74) is 2.73. The summed E-state index contributed by atoms with van der Waals surface area (Å²) in [6, 6.07) is 16.1.